The zero-order chi connectivity index (χ0) is 10.9. The van der Waals surface area contributed by atoms with Gasteiger partial charge in [0, 0.05) is 17.1 Å². The molecule has 0 spiro atoms. The molecule has 1 atom stereocenters. The Morgan fingerprint density at radius 2 is 2.13 bits per heavy atom. The number of aromatic nitrogens is 1. The molecule has 2 aromatic rings. The molecular formula is C12H11NO2. The molecule has 0 aliphatic heterocycles. The third kappa shape index (κ3) is 1.74. The van der Waals surface area contributed by atoms with Crippen molar-refractivity contribution in [1.82, 2.24) is 4.98 Å². The maximum absolute atomic E-state index is 10.7. The summed E-state index contributed by atoms with van der Waals surface area (Å²) in [5.74, 6) is 0. The van der Waals surface area contributed by atoms with Crippen LogP contribution in [0.1, 0.15) is 12.5 Å². The number of hydrogen-bond acceptors (Lipinski definition) is 3. The SMILES string of the molecule is CC(O)(C=O)c1cnc2ccccc2c1. The van der Waals surface area contributed by atoms with E-state index in [1.54, 1.807) is 6.07 Å². The lowest BCUT2D eigenvalue weighted by molar-refractivity contribution is -0.123. The van der Waals surface area contributed by atoms with Gasteiger partial charge in [0.2, 0.25) is 0 Å². The molecule has 3 heteroatoms. The summed E-state index contributed by atoms with van der Waals surface area (Å²) in [6.07, 6.45) is 2.04. The number of benzene rings is 1. The van der Waals surface area contributed by atoms with Gasteiger partial charge < -0.3 is 5.11 Å². The fourth-order valence-electron chi connectivity index (χ4n) is 1.42. The predicted molar refractivity (Wildman–Crippen MR) is 57.4 cm³/mol. The van der Waals surface area contributed by atoms with Crippen LogP contribution in [0.15, 0.2) is 36.5 Å². The lowest BCUT2D eigenvalue weighted by Gasteiger charge is -2.15. The maximum Gasteiger partial charge on any atom is 0.155 e. The van der Waals surface area contributed by atoms with E-state index in [9.17, 15) is 9.90 Å². The van der Waals surface area contributed by atoms with Crippen LogP contribution in [0.2, 0.25) is 0 Å². The van der Waals surface area contributed by atoms with E-state index in [4.69, 9.17) is 0 Å². The van der Waals surface area contributed by atoms with Gasteiger partial charge in [-0.2, -0.15) is 0 Å². The molecule has 1 unspecified atom stereocenters. The molecule has 15 heavy (non-hydrogen) atoms. The van der Waals surface area contributed by atoms with Gasteiger partial charge in [0.05, 0.1) is 5.52 Å². The van der Waals surface area contributed by atoms with Gasteiger partial charge in [0.1, 0.15) is 5.60 Å². The first-order chi connectivity index (χ1) is 7.13. The number of rotatable bonds is 2. The highest BCUT2D eigenvalue weighted by molar-refractivity contribution is 5.80. The Bertz CT molecular complexity index is 506. The standard InChI is InChI=1S/C12H11NO2/c1-12(15,8-14)10-6-9-4-2-3-5-11(9)13-7-10/h2-8,15H,1H3. The van der Waals surface area contributed by atoms with E-state index in [1.165, 1.54) is 13.1 Å². The second-order valence-electron chi connectivity index (χ2n) is 3.68. The minimum Gasteiger partial charge on any atom is -0.378 e. The van der Waals surface area contributed by atoms with E-state index in [0.29, 0.717) is 11.8 Å². The van der Waals surface area contributed by atoms with E-state index in [-0.39, 0.29) is 0 Å². The average molecular weight is 201 g/mol. The second-order valence-corrected chi connectivity index (χ2v) is 3.68. The fourth-order valence-corrected chi connectivity index (χ4v) is 1.42. The van der Waals surface area contributed by atoms with Crippen molar-refractivity contribution in [2.45, 2.75) is 12.5 Å². The molecule has 0 saturated heterocycles. The van der Waals surface area contributed by atoms with Crippen LogP contribution in [0.4, 0.5) is 0 Å². The highest BCUT2D eigenvalue weighted by atomic mass is 16.3. The molecule has 3 nitrogen and oxygen atoms in total. The molecule has 2 rings (SSSR count). The Kier molecular flexibility index (Phi) is 2.25. The first-order valence-electron chi connectivity index (χ1n) is 4.67. The lowest BCUT2D eigenvalue weighted by atomic mass is 9.98. The third-order valence-electron chi connectivity index (χ3n) is 2.40. The summed E-state index contributed by atoms with van der Waals surface area (Å²) in [5.41, 5.74) is -0.101. The average Bonchev–Trinajstić information content (AvgIpc) is 2.28. The second kappa shape index (κ2) is 3.44. The van der Waals surface area contributed by atoms with Crippen LogP contribution in [0.5, 0.6) is 0 Å². The summed E-state index contributed by atoms with van der Waals surface area (Å²) in [5, 5.41) is 10.7. The highest BCUT2D eigenvalue weighted by Crippen LogP contribution is 2.21. The molecule has 1 heterocycles. The topological polar surface area (TPSA) is 50.2 Å². The van der Waals surface area contributed by atoms with Crippen LogP contribution in [0.25, 0.3) is 10.9 Å². The van der Waals surface area contributed by atoms with E-state index < -0.39 is 5.60 Å². The van der Waals surface area contributed by atoms with Gasteiger partial charge in [0.25, 0.3) is 0 Å². The molecule has 1 N–H and O–H groups in total. The Balaban J connectivity index is 2.61. The first kappa shape index (κ1) is 9.80. The normalized spacial score (nSPS) is 14.8. The zero-order valence-corrected chi connectivity index (χ0v) is 8.34. The molecular weight excluding hydrogens is 190 g/mol. The minimum absolute atomic E-state index is 0.510. The number of fused-ring (bicyclic) bond motifs is 1. The van der Waals surface area contributed by atoms with Crippen molar-refractivity contribution in [3.8, 4) is 0 Å². The van der Waals surface area contributed by atoms with Gasteiger partial charge in [-0.15, -0.1) is 0 Å². The van der Waals surface area contributed by atoms with Crippen molar-refractivity contribution in [2.75, 3.05) is 0 Å². The van der Waals surface area contributed by atoms with Crippen LogP contribution in [0, 0.1) is 0 Å². The molecule has 0 amide bonds. The number of hydrogen-bond donors (Lipinski definition) is 1. The van der Waals surface area contributed by atoms with E-state index in [0.717, 1.165) is 10.9 Å². The molecule has 0 fully saturated rings. The Morgan fingerprint density at radius 1 is 1.40 bits per heavy atom. The van der Waals surface area contributed by atoms with Crippen LogP contribution < -0.4 is 0 Å². The van der Waals surface area contributed by atoms with Crippen molar-refractivity contribution >= 4 is 17.2 Å². The van der Waals surface area contributed by atoms with Crippen molar-refractivity contribution in [3.63, 3.8) is 0 Å². The Hall–Kier alpha value is -1.74. The molecule has 0 saturated carbocycles. The number of carbonyl (C=O) groups is 1. The summed E-state index contributed by atoms with van der Waals surface area (Å²) in [4.78, 5) is 14.9. The zero-order valence-electron chi connectivity index (χ0n) is 8.34. The van der Waals surface area contributed by atoms with Crippen molar-refractivity contribution in [1.29, 1.82) is 0 Å². The number of carbonyl (C=O) groups excluding carboxylic acids is 1. The van der Waals surface area contributed by atoms with Gasteiger partial charge in [-0.1, -0.05) is 18.2 Å². The van der Waals surface area contributed by atoms with Gasteiger partial charge in [-0.25, -0.2) is 0 Å². The fraction of sp³-hybridized carbons (Fsp3) is 0.167. The van der Waals surface area contributed by atoms with Crippen molar-refractivity contribution < 1.29 is 9.90 Å². The van der Waals surface area contributed by atoms with E-state index in [1.807, 2.05) is 24.3 Å². The summed E-state index contributed by atoms with van der Waals surface area (Å²) in [6.45, 7) is 1.45. The number of nitrogens with zero attached hydrogens (tertiary/aromatic N) is 1. The van der Waals surface area contributed by atoms with Crippen molar-refractivity contribution in [2.24, 2.45) is 0 Å². The summed E-state index contributed by atoms with van der Waals surface area (Å²) >= 11 is 0. The van der Waals surface area contributed by atoms with Crippen molar-refractivity contribution in [3.05, 3.63) is 42.1 Å². The quantitative estimate of drug-likeness (QED) is 0.751. The van der Waals surface area contributed by atoms with Gasteiger partial charge in [-0.05, 0) is 19.1 Å². The molecule has 0 aliphatic rings. The van der Waals surface area contributed by atoms with Crippen LogP contribution in [-0.4, -0.2) is 16.4 Å². The summed E-state index contributed by atoms with van der Waals surface area (Å²) < 4.78 is 0. The smallest absolute Gasteiger partial charge is 0.155 e. The number of para-hydroxylation sites is 1. The van der Waals surface area contributed by atoms with Gasteiger partial charge in [-0.3, -0.25) is 9.78 Å². The highest BCUT2D eigenvalue weighted by Gasteiger charge is 2.22. The largest absolute Gasteiger partial charge is 0.378 e. The molecule has 0 aliphatic carbocycles. The minimum atomic E-state index is -1.46. The van der Waals surface area contributed by atoms with Crippen LogP contribution in [-0.2, 0) is 10.4 Å². The Labute approximate surface area is 87.4 Å². The molecule has 0 bridgehead atoms. The van der Waals surface area contributed by atoms with Gasteiger partial charge in [0.15, 0.2) is 6.29 Å². The first-order valence-corrected chi connectivity index (χ1v) is 4.67. The predicted octanol–water partition coefficient (Wildman–Crippen LogP) is 1.64. The number of aliphatic hydroxyl groups is 1. The molecule has 1 aromatic heterocycles. The summed E-state index contributed by atoms with van der Waals surface area (Å²) in [7, 11) is 0. The van der Waals surface area contributed by atoms with Crippen LogP contribution >= 0.6 is 0 Å². The molecule has 76 valence electrons. The maximum atomic E-state index is 10.7. The van der Waals surface area contributed by atoms with Gasteiger partial charge >= 0.3 is 0 Å². The third-order valence-corrected chi connectivity index (χ3v) is 2.40. The van der Waals surface area contributed by atoms with Crippen LogP contribution in [0.3, 0.4) is 0 Å². The monoisotopic (exact) mass is 201 g/mol. The number of pyridine rings is 1. The summed E-state index contributed by atoms with van der Waals surface area (Å²) in [6, 6.07) is 9.34. The Morgan fingerprint density at radius 3 is 2.87 bits per heavy atom. The molecule has 1 aromatic carbocycles. The van der Waals surface area contributed by atoms with E-state index >= 15 is 0 Å². The molecule has 0 radical (unpaired) electrons. The number of aldehydes is 1. The van der Waals surface area contributed by atoms with E-state index in [2.05, 4.69) is 4.98 Å². The lowest BCUT2D eigenvalue weighted by Crippen LogP contribution is -2.22.